The molecule has 0 aromatic carbocycles. The van der Waals surface area contributed by atoms with Crippen LogP contribution in [-0.2, 0) is 16.1 Å². The van der Waals surface area contributed by atoms with Crippen molar-refractivity contribution >= 4 is 23.2 Å². The predicted octanol–water partition coefficient (Wildman–Crippen LogP) is 2.08. The van der Waals surface area contributed by atoms with E-state index < -0.39 is 17.8 Å². The van der Waals surface area contributed by atoms with Crippen molar-refractivity contribution < 1.29 is 14.7 Å². The normalized spacial score (nSPS) is 21.7. The highest BCUT2D eigenvalue weighted by molar-refractivity contribution is 7.11. The van der Waals surface area contributed by atoms with Gasteiger partial charge in [0.05, 0.1) is 23.4 Å². The molecule has 5 nitrogen and oxygen atoms in total. The van der Waals surface area contributed by atoms with Crippen LogP contribution in [0, 0.1) is 18.8 Å². The van der Waals surface area contributed by atoms with E-state index in [1.165, 1.54) is 0 Å². The van der Waals surface area contributed by atoms with E-state index in [9.17, 15) is 14.7 Å². The first kappa shape index (κ1) is 14.7. The van der Waals surface area contributed by atoms with Crippen LogP contribution in [0.3, 0.4) is 0 Å². The summed E-state index contributed by atoms with van der Waals surface area (Å²) in [6, 6.07) is 0. The molecule has 1 N–H and O–H groups in total. The van der Waals surface area contributed by atoms with Gasteiger partial charge in [-0.25, -0.2) is 4.98 Å². The van der Waals surface area contributed by atoms with Crippen LogP contribution in [0.25, 0.3) is 0 Å². The highest BCUT2D eigenvalue weighted by atomic mass is 32.1. The Balaban J connectivity index is 2.05. The van der Waals surface area contributed by atoms with E-state index in [0.29, 0.717) is 19.4 Å². The van der Waals surface area contributed by atoms with E-state index in [-0.39, 0.29) is 5.91 Å². The number of aliphatic carboxylic acids is 1. The molecule has 1 aliphatic rings. The lowest BCUT2D eigenvalue weighted by Crippen LogP contribution is -2.39. The number of amides is 1. The van der Waals surface area contributed by atoms with E-state index in [0.717, 1.165) is 9.88 Å². The van der Waals surface area contributed by atoms with Crippen LogP contribution in [-0.4, -0.2) is 33.9 Å². The highest BCUT2D eigenvalue weighted by Gasteiger charge is 2.35. The van der Waals surface area contributed by atoms with E-state index in [2.05, 4.69) is 4.98 Å². The topological polar surface area (TPSA) is 70.5 Å². The number of thiazole rings is 1. The first-order valence-corrected chi connectivity index (χ1v) is 7.34. The van der Waals surface area contributed by atoms with Crippen LogP contribution in [0.5, 0.6) is 0 Å². The fourth-order valence-electron chi connectivity index (χ4n) is 2.43. The second-order valence-corrected chi connectivity index (χ2v) is 6.35. The van der Waals surface area contributed by atoms with Gasteiger partial charge < -0.3 is 10.0 Å². The Labute approximate surface area is 121 Å². The summed E-state index contributed by atoms with van der Waals surface area (Å²) in [5.41, 5.74) is 0. The van der Waals surface area contributed by atoms with Crippen molar-refractivity contribution in [2.75, 3.05) is 7.05 Å². The van der Waals surface area contributed by atoms with E-state index in [1.807, 2.05) is 19.1 Å². The monoisotopic (exact) mass is 294 g/mol. The Morgan fingerprint density at radius 1 is 1.40 bits per heavy atom. The minimum atomic E-state index is -0.894. The van der Waals surface area contributed by atoms with Crippen LogP contribution in [0.15, 0.2) is 18.3 Å². The number of aryl methyl sites for hydroxylation is 1. The summed E-state index contributed by atoms with van der Waals surface area (Å²) in [6.07, 6.45) is 6.43. The summed E-state index contributed by atoms with van der Waals surface area (Å²) >= 11 is 1.55. The molecule has 108 valence electrons. The number of carboxylic acid groups (broad SMARTS) is 1. The Morgan fingerprint density at radius 3 is 2.60 bits per heavy atom. The number of nitrogens with zero attached hydrogens (tertiary/aromatic N) is 2. The fourth-order valence-corrected chi connectivity index (χ4v) is 3.28. The average molecular weight is 294 g/mol. The van der Waals surface area contributed by atoms with Gasteiger partial charge in [0.1, 0.15) is 0 Å². The van der Waals surface area contributed by atoms with Gasteiger partial charge in [0.15, 0.2) is 0 Å². The molecule has 2 rings (SSSR count). The van der Waals surface area contributed by atoms with Crippen molar-refractivity contribution in [1.29, 1.82) is 0 Å². The Morgan fingerprint density at radius 2 is 2.05 bits per heavy atom. The largest absolute Gasteiger partial charge is 0.481 e. The predicted molar refractivity (Wildman–Crippen MR) is 76.3 cm³/mol. The van der Waals surface area contributed by atoms with Gasteiger partial charge in [0.2, 0.25) is 5.91 Å². The maximum absolute atomic E-state index is 12.4. The lowest BCUT2D eigenvalue weighted by Gasteiger charge is -2.28. The average Bonchev–Trinajstić information content (AvgIpc) is 2.83. The summed E-state index contributed by atoms with van der Waals surface area (Å²) in [4.78, 5) is 30.5. The minimum Gasteiger partial charge on any atom is -0.481 e. The molecular weight excluding hydrogens is 276 g/mol. The highest BCUT2D eigenvalue weighted by Crippen LogP contribution is 2.28. The third kappa shape index (κ3) is 3.25. The van der Waals surface area contributed by atoms with E-state index in [4.69, 9.17) is 0 Å². The van der Waals surface area contributed by atoms with Gasteiger partial charge in [-0.2, -0.15) is 0 Å². The molecule has 0 saturated carbocycles. The maximum Gasteiger partial charge on any atom is 0.307 e. The second kappa shape index (κ2) is 6.17. The van der Waals surface area contributed by atoms with Crippen LogP contribution in [0.4, 0.5) is 0 Å². The first-order chi connectivity index (χ1) is 9.49. The number of rotatable bonds is 4. The van der Waals surface area contributed by atoms with Crippen molar-refractivity contribution in [3.63, 3.8) is 0 Å². The van der Waals surface area contributed by atoms with Gasteiger partial charge in [-0.15, -0.1) is 11.3 Å². The van der Waals surface area contributed by atoms with Crippen LogP contribution >= 0.6 is 11.3 Å². The number of hydrogen-bond acceptors (Lipinski definition) is 4. The van der Waals surface area contributed by atoms with Crippen molar-refractivity contribution in [1.82, 2.24) is 9.88 Å². The molecule has 1 aromatic heterocycles. The minimum absolute atomic E-state index is 0.104. The Hall–Kier alpha value is -1.69. The smallest absolute Gasteiger partial charge is 0.307 e. The molecule has 1 aromatic rings. The van der Waals surface area contributed by atoms with E-state index >= 15 is 0 Å². The van der Waals surface area contributed by atoms with Gasteiger partial charge in [-0.3, -0.25) is 9.59 Å². The third-order valence-electron chi connectivity index (χ3n) is 3.51. The van der Waals surface area contributed by atoms with Crippen LogP contribution < -0.4 is 0 Å². The van der Waals surface area contributed by atoms with Crippen molar-refractivity contribution in [2.45, 2.75) is 26.3 Å². The summed E-state index contributed by atoms with van der Waals surface area (Å²) in [5.74, 6) is -2.07. The molecule has 0 fully saturated rings. The van der Waals surface area contributed by atoms with Crippen molar-refractivity contribution in [3.8, 4) is 0 Å². The number of hydrogen-bond donors (Lipinski definition) is 1. The molecule has 2 atom stereocenters. The lowest BCUT2D eigenvalue weighted by atomic mass is 9.82. The number of carbonyl (C=O) groups excluding carboxylic acids is 1. The zero-order chi connectivity index (χ0) is 14.7. The van der Waals surface area contributed by atoms with Gasteiger partial charge in [-0.05, 0) is 19.8 Å². The zero-order valence-electron chi connectivity index (χ0n) is 11.6. The summed E-state index contributed by atoms with van der Waals surface area (Å²) in [7, 11) is 1.72. The maximum atomic E-state index is 12.4. The van der Waals surface area contributed by atoms with Crippen molar-refractivity contribution in [3.05, 3.63) is 28.2 Å². The fraction of sp³-hybridized carbons (Fsp3) is 0.500. The first-order valence-electron chi connectivity index (χ1n) is 6.53. The molecule has 6 heteroatoms. The standard InChI is InChI=1S/C14H18N2O3S/c1-9-15-7-10(20-9)8-16(2)13(17)11-5-3-4-6-12(11)14(18)19/h3-4,7,11-12H,5-6,8H2,1-2H3,(H,18,19)/t11-,12+/m1/s1. The molecule has 20 heavy (non-hydrogen) atoms. The molecule has 1 amide bonds. The van der Waals surface area contributed by atoms with Crippen LogP contribution in [0.2, 0.25) is 0 Å². The molecule has 0 saturated heterocycles. The molecule has 0 radical (unpaired) electrons. The summed E-state index contributed by atoms with van der Waals surface area (Å²) in [6.45, 7) is 2.40. The van der Waals surface area contributed by atoms with Crippen molar-refractivity contribution in [2.24, 2.45) is 11.8 Å². The lowest BCUT2D eigenvalue weighted by molar-refractivity contribution is -0.150. The molecule has 1 heterocycles. The quantitative estimate of drug-likeness (QED) is 0.863. The molecule has 0 aliphatic heterocycles. The molecule has 0 bridgehead atoms. The zero-order valence-corrected chi connectivity index (χ0v) is 12.4. The van der Waals surface area contributed by atoms with Gasteiger partial charge in [-0.1, -0.05) is 12.2 Å². The van der Waals surface area contributed by atoms with Gasteiger partial charge >= 0.3 is 5.97 Å². The van der Waals surface area contributed by atoms with Crippen LogP contribution in [0.1, 0.15) is 22.7 Å². The number of aromatic nitrogens is 1. The summed E-state index contributed by atoms with van der Waals surface area (Å²) in [5, 5.41) is 10.2. The number of carbonyl (C=O) groups is 2. The third-order valence-corrected chi connectivity index (χ3v) is 4.40. The SMILES string of the molecule is Cc1ncc(CN(C)C(=O)[C@@H]2CC=CC[C@@H]2C(=O)O)s1. The summed E-state index contributed by atoms with van der Waals surface area (Å²) < 4.78 is 0. The number of allylic oxidation sites excluding steroid dienone is 2. The van der Waals surface area contributed by atoms with Gasteiger partial charge in [0, 0.05) is 18.1 Å². The number of carboxylic acids is 1. The Kier molecular flexibility index (Phi) is 4.54. The molecule has 0 unspecified atom stereocenters. The second-order valence-electron chi connectivity index (χ2n) is 5.03. The van der Waals surface area contributed by atoms with Gasteiger partial charge in [0.25, 0.3) is 0 Å². The molecular formula is C14H18N2O3S. The Bertz CT molecular complexity index is 538. The molecule has 0 spiro atoms. The molecule has 1 aliphatic carbocycles. The van der Waals surface area contributed by atoms with E-state index in [1.54, 1.807) is 29.5 Å².